The van der Waals surface area contributed by atoms with Crippen molar-refractivity contribution in [1.82, 2.24) is 24.6 Å². The molecule has 4 rings (SSSR count). The fraction of sp³-hybridized carbons (Fsp3) is 0.444. The second-order valence-electron chi connectivity index (χ2n) is 10.3. The van der Waals surface area contributed by atoms with Crippen LogP contribution in [-0.2, 0) is 22.6 Å². The Hall–Kier alpha value is -4.39. The van der Waals surface area contributed by atoms with Crippen LogP contribution < -0.4 is 21.1 Å². The fourth-order valence-corrected chi connectivity index (χ4v) is 4.05. The number of amides is 3. The molecule has 3 amide bonds. The highest BCUT2D eigenvalue weighted by Gasteiger charge is 2.25. The van der Waals surface area contributed by atoms with Gasteiger partial charge in [-0.15, -0.1) is 0 Å². The first kappa shape index (κ1) is 28.6. The summed E-state index contributed by atoms with van der Waals surface area (Å²) in [7, 11) is 0. The number of hydrogen-bond donors (Lipinski definition) is 3. The van der Waals surface area contributed by atoms with Crippen molar-refractivity contribution in [3.63, 3.8) is 0 Å². The number of benzene rings is 1. The lowest BCUT2D eigenvalue weighted by Gasteiger charge is -2.27. The van der Waals surface area contributed by atoms with Crippen molar-refractivity contribution < 1.29 is 28.6 Å². The average Bonchev–Trinajstić information content (AvgIpc) is 3.39. The minimum Gasteiger partial charge on any atom is -0.483 e. The summed E-state index contributed by atoms with van der Waals surface area (Å²) in [6.07, 6.45) is 2.85. The van der Waals surface area contributed by atoms with E-state index in [-0.39, 0.29) is 36.6 Å². The predicted octanol–water partition coefficient (Wildman–Crippen LogP) is 2.77. The maximum Gasteiger partial charge on any atom is 0.407 e. The molecule has 0 spiro atoms. The highest BCUT2D eigenvalue weighted by atomic mass is 16.6. The van der Waals surface area contributed by atoms with Crippen molar-refractivity contribution in [2.75, 3.05) is 25.1 Å². The number of ether oxygens (including phenoxy) is 3. The van der Waals surface area contributed by atoms with Crippen LogP contribution in [0.3, 0.4) is 0 Å². The number of fused-ring (bicyclic) bond motifs is 1. The van der Waals surface area contributed by atoms with Crippen molar-refractivity contribution in [3.8, 4) is 5.75 Å². The SMILES string of the molecule is CCn1nc(C)cc1C(=O)Nc1nc2cc(C(N)=O)cc(OC3COC3)c2n1C/C=C/CNC(=O)OC(C)(C)C. The Morgan fingerprint density at radius 3 is 2.58 bits per heavy atom. The van der Waals surface area contributed by atoms with Gasteiger partial charge in [0.2, 0.25) is 11.9 Å². The molecule has 1 fully saturated rings. The van der Waals surface area contributed by atoms with Crippen LogP contribution in [0.1, 0.15) is 54.2 Å². The average molecular weight is 554 g/mol. The van der Waals surface area contributed by atoms with Gasteiger partial charge >= 0.3 is 6.09 Å². The quantitative estimate of drug-likeness (QED) is 0.323. The molecule has 0 saturated carbocycles. The Morgan fingerprint density at radius 2 is 1.95 bits per heavy atom. The van der Waals surface area contributed by atoms with Crippen molar-refractivity contribution in [3.05, 3.63) is 47.3 Å². The van der Waals surface area contributed by atoms with Gasteiger partial charge in [-0.25, -0.2) is 9.78 Å². The topological polar surface area (TPSA) is 165 Å². The van der Waals surface area contributed by atoms with E-state index >= 15 is 0 Å². The molecule has 1 aromatic carbocycles. The molecule has 2 aromatic heterocycles. The summed E-state index contributed by atoms with van der Waals surface area (Å²) in [5, 5.41) is 9.90. The number of anilines is 1. The minimum atomic E-state index is -0.632. The maximum atomic E-state index is 13.3. The number of alkyl carbamates (subject to hydrolysis) is 1. The number of allylic oxidation sites excluding steroid dienone is 1. The van der Waals surface area contributed by atoms with Crippen LogP contribution in [0, 0.1) is 6.92 Å². The van der Waals surface area contributed by atoms with Gasteiger partial charge in [0.1, 0.15) is 28.7 Å². The molecule has 13 heteroatoms. The van der Waals surface area contributed by atoms with Gasteiger partial charge in [0.15, 0.2) is 0 Å². The first-order chi connectivity index (χ1) is 18.9. The number of imidazole rings is 1. The molecule has 1 saturated heterocycles. The molecule has 1 aliphatic rings. The van der Waals surface area contributed by atoms with Crippen molar-refractivity contribution in [2.24, 2.45) is 5.73 Å². The lowest BCUT2D eigenvalue weighted by molar-refractivity contribution is -0.0792. The predicted molar refractivity (Wildman–Crippen MR) is 147 cm³/mol. The van der Waals surface area contributed by atoms with Gasteiger partial charge in [0.05, 0.1) is 24.4 Å². The van der Waals surface area contributed by atoms with E-state index in [1.807, 2.05) is 19.9 Å². The van der Waals surface area contributed by atoms with Crippen LogP contribution in [0.25, 0.3) is 11.0 Å². The third-order valence-corrected chi connectivity index (χ3v) is 5.87. The number of nitrogens with one attached hydrogen (secondary N) is 2. The maximum absolute atomic E-state index is 13.3. The lowest BCUT2D eigenvalue weighted by Crippen LogP contribution is -2.38. The van der Waals surface area contributed by atoms with Crippen LogP contribution in [0.4, 0.5) is 10.7 Å². The van der Waals surface area contributed by atoms with Gasteiger partial charge < -0.3 is 29.8 Å². The molecule has 0 aliphatic carbocycles. The largest absolute Gasteiger partial charge is 0.483 e. The van der Waals surface area contributed by atoms with Crippen LogP contribution in [0.15, 0.2) is 30.4 Å². The second-order valence-corrected chi connectivity index (χ2v) is 10.3. The summed E-state index contributed by atoms with van der Waals surface area (Å²) < 4.78 is 20.0. The molecule has 0 radical (unpaired) electrons. The summed E-state index contributed by atoms with van der Waals surface area (Å²) in [4.78, 5) is 41.9. The van der Waals surface area contributed by atoms with Crippen molar-refractivity contribution >= 4 is 34.9 Å². The van der Waals surface area contributed by atoms with E-state index in [9.17, 15) is 14.4 Å². The van der Waals surface area contributed by atoms with Crippen molar-refractivity contribution in [1.29, 1.82) is 0 Å². The summed E-state index contributed by atoms with van der Waals surface area (Å²) in [6.45, 7) is 10.9. The van der Waals surface area contributed by atoms with Gasteiger partial charge in [-0.1, -0.05) is 12.2 Å². The standard InChI is InChI=1S/C27H35N7O6/c1-6-34-20(11-16(2)32-34)24(36)31-25-30-19-12-17(23(28)35)13-21(39-18-14-38-15-18)22(19)33(25)10-8-7-9-29-26(37)40-27(3,4)5/h7-8,11-13,18H,6,9-10,14-15H2,1-5H3,(H2,28,35)(H,29,37)(H,30,31,36)/b8-7+. The Bertz CT molecular complexity index is 1450. The summed E-state index contributed by atoms with van der Waals surface area (Å²) in [5.41, 5.74) is 7.28. The van der Waals surface area contributed by atoms with Crippen LogP contribution >= 0.6 is 0 Å². The Kier molecular flexibility index (Phi) is 8.43. The molecule has 0 bridgehead atoms. The molecule has 214 valence electrons. The molecule has 3 heterocycles. The number of aryl methyl sites for hydroxylation is 2. The van der Waals surface area contributed by atoms with Gasteiger partial charge in [-0.05, 0) is 52.8 Å². The number of rotatable bonds is 10. The molecule has 1 aliphatic heterocycles. The molecular formula is C27H35N7O6. The van der Waals surface area contributed by atoms with Gasteiger partial charge in [0.25, 0.3) is 5.91 Å². The molecule has 0 unspecified atom stereocenters. The molecule has 40 heavy (non-hydrogen) atoms. The van der Waals surface area contributed by atoms with Gasteiger partial charge in [-0.2, -0.15) is 5.10 Å². The van der Waals surface area contributed by atoms with Crippen molar-refractivity contribution in [2.45, 2.75) is 59.4 Å². The number of hydrogen-bond acceptors (Lipinski definition) is 8. The fourth-order valence-electron chi connectivity index (χ4n) is 4.05. The van der Waals surface area contributed by atoms with E-state index < -0.39 is 17.6 Å². The molecule has 0 atom stereocenters. The van der Waals surface area contributed by atoms with E-state index in [2.05, 4.69) is 20.7 Å². The highest BCUT2D eigenvalue weighted by Crippen LogP contribution is 2.32. The van der Waals surface area contributed by atoms with Gasteiger partial charge in [0, 0.05) is 25.2 Å². The number of nitrogens with two attached hydrogens (primary N) is 1. The summed E-state index contributed by atoms with van der Waals surface area (Å²) in [6, 6.07) is 4.82. The number of carbonyl (C=O) groups is 3. The van der Waals surface area contributed by atoms with Gasteiger partial charge in [-0.3, -0.25) is 19.6 Å². The third kappa shape index (κ3) is 6.78. The molecular weight excluding hydrogens is 518 g/mol. The third-order valence-electron chi connectivity index (χ3n) is 5.87. The lowest BCUT2D eigenvalue weighted by atomic mass is 10.1. The zero-order chi connectivity index (χ0) is 29.0. The Labute approximate surface area is 231 Å². The van der Waals surface area contributed by atoms with E-state index in [1.54, 1.807) is 54.3 Å². The zero-order valence-corrected chi connectivity index (χ0v) is 23.3. The number of aromatic nitrogens is 4. The van der Waals surface area contributed by atoms with E-state index in [4.69, 9.17) is 19.9 Å². The summed E-state index contributed by atoms with van der Waals surface area (Å²) in [5.74, 6) is -0.392. The zero-order valence-electron chi connectivity index (χ0n) is 23.3. The smallest absolute Gasteiger partial charge is 0.407 e. The summed E-state index contributed by atoms with van der Waals surface area (Å²) >= 11 is 0. The number of carbonyl (C=O) groups excluding carboxylic acids is 3. The first-order valence-corrected chi connectivity index (χ1v) is 13.0. The highest BCUT2D eigenvalue weighted by molar-refractivity contribution is 6.04. The molecule has 13 nitrogen and oxygen atoms in total. The first-order valence-electron chi connectivity index (χ1n) is 13.0. The number of primary amides is 1. The van der Waals surface area contributed by atoms with E-state index in [0.29, 0.717) is 47.9 Å². The number of nitrogens with zero attached hydrogens (tertiary/aromatic N) is 4. The monoisotopic (exact) mass is 553 g/mol. The van der Waals surface area contributed by atoms with Crippen LogP contribution in [-0.4, -0.2) is 68.7 Å². The molecule has 3 aromatic rings. The normalized spacial score (nSPS) is 13.8. The van der Waals surface area contributed by atoms with E-state index in [1.165, 1.54) is 0 Å². The van der Waals surface area contributed by atoms with Crippen LogP contribution in [0.5, 0.6) is 5.75 Å². The Balaban J connectivity index is 1.67. The second kappa shape index (κ2) is 11.8. The minimum absolute atomic E-state index is 0.192. The molecule has 4 N–H and O–H groups in total. The Morgan fingerprint density at radius 1 is 1.20 bits per heavy atom. The van der Waals surface area contributed by atoms with Crippen LogP contribution in [0.2, 0.25) is 0 Å². The van der Waals surface area contributed by atoms with E-state index in [0.717, 1.165) is 0 Å².